The van der Waals surface area contributed by atoms with Crippen molar-refractivity contribution in [2.75, 3.05) is 6.61 Å². The summed E-state index contributed by atoms with van der Waals surface area (Å²) in [6.07, 6.45) is 2.01. The molecule has 1 heterocycles. The van der Waals surface area contributed by atoms with Crippen molar-refractivity contribution in [3.05, 3.63) is 42.1 Å². The lowest BCUT2D eigenvalue weighted by molar-refractivity contribution is -0.124. The summed E-state index contributed by atoms with van der Waals surface area (Å²) in [6.45, 7) is -0.260. The van der Waals surface area contributed by atoms with E-state index in [-0.39, 0.29) is 24.2 Å². The monoisotopic (exact) mass is 270 g/mol. The number of fused-ring (bicyclic) bond motifs is 1. The maximum atomic E-state index is 11.8. The lowest BCUT2D eigenvalue weighted by Crippen LogP contribution is -2.30. The summed E-state index contributed by atoms with van der Waals surface area (Å²) in [6, 6.07) is 11.2. The van der Waals surface area contributed by atoms with E-state index in [4.69, 9.17) is 4.74 Å². The number of carbonyl (C=O) groups is 2. The smallest absolute Gasteiger partial charge is 0.357 e. The number of ether oxygens (including phenoxy) is 1. The fourth-order valence-electron chi connectivity index (χ4n) is 1.88. The molecule has 20 heavy (non-hydrogen) atoms. The van der Waals surface area contributed by atoms with Gasteiger partial charge in [-0.1, -0.05) is 24.3 Å². The van der Waals surface area contributed by atoms with Crippen LogP contribution in [-0.4, -0.2) is 29.5 Å². The minimum Gasteiger partial charge on any atom is -0.451 e. The first-order chi connectivity index (χ1) is 9.72. The van der Waals surface area contributed by atoms with Crippen molar-refractivity contribution in [1.29, 1.82) is 0 Å². The highest BCUT2D eigenvalue weighted by Crippen LogP contribution is 2.18. The molecule has 0 bridgehead atoms. The van der Waals surface area contributed by atoms with E-state index in [0.717, 1.165) is 23.7 Å². The van der Waals surface area contributed by atoms with Gasteiger partial charge in [0.25, 0.3) is 5.91 Å². The first-order valence-corrected chi connectivity index (χ1v) is 6.55. The van der Waals surface area contributed by atoms with Crippen molar-refractivity contribution >= 4 is 22.8 Å². The van der Waals surface area contributed by atoms with Crippen molar-refractivity contribution < 1.29 is 14.3 Å². The number of nitrogens with zero attached hydrogens (tertiary/aromatic N) is 1. The summed E-state index contributed by atoms with van der Waals surface area (Å²) in [7, 11) is 0. The highest BCUT2D eigenvalue weighted by Gasteiger charge is 2.23. The van der Waals surface area contributed by atoms with Crippen LogP contribution < -0.4 is 5.32 Å². The first kappa shape index (κ1) is 12.6. The molecule has 2 aromatic rings. The van der Waals surface area contributed by atoms with Crippen LogP contribution in [0.5, 0.6) is 0 Å². The number of nitrogens with one attached hydrogen (secondary N) is 1. The summed E-state index contributed by atoms with van der Waals surface area (Å²) in [5, 5.41) is 3.71. The van der Waals surface area contributed by atoms with E-state index < -0.39 is 5.97 Å². The third kappa shape index (κ3) is 2.93. The van der Waals surface area contributed by atoms with Gasteiger partial charge in [-0.05, 0) is 25.0 Å². The summed E-state index contributed by atoms with van der Waals surface area (Å²) < 4.78 is 4.95. The summed E-state index contributed by atoms with van der Waals surface area (Å²) in [5.41, 5.74) is 0.937. The van der Waals surface area contributed by atoms with E-state index >= 15 is 0 Å². The van der Waals surface area contributed by atoms with Crippen LogP contribution in [0.3, 0.4) is 0 Å². The zero-order chi connectivity index (χ0) is 13.9. The Kier molecular flexibility index (Phi) is 3.33. The van der Waals surface area contributed by atoms with Gasteiger partial charge < -0.3 is 10.1 Å². The molecule has 1 amide bonds. The molecule has 1 saturated carbocycles. The van der Waals surface area contributed by atoms with Gasteiger partial charge in [-0.3, -0.25) is 4.79 Å². The summed E-state index contributed by atoms with van der Waals surface area (Å²) in [5.74, 6) is -0.844. The molecule has 1 N–H and O–H groups in total. The van der Waals surface area contributed by atoms with Crippen molar-refractivity contribution in [2.24, 2.45) is 0 Å². The van der Waals surface area contributed by atoms with Gasteiger partial charge in [-0.15, -0.1) is 0 Å². The Morgan fingerprint density at radius 3 is 2.80 bits per heavy atom. The number of benzene rings is 1. The van der Waals surface area contributed by atoms with E-state index in [1.54, 1.807) is 6.07 Å². The molecule has 1 aromatic heterocycles. The van der Waals surface area contributed by atoms with E-state index in [2.05, 4.69) is 10.3 Å². The van der Waals surface area contributed by atoms with Gasteiger partial charge in [0.2, 0.25) is 0 Å². The Hall–Kier alpha value is -2.43. The van der Waals surface area contributed by atoms with E-state index in [0.29, 0.717) is 0 Å². The number of rotatable bonds is 4. The third-order valence-corrected chi connectivity index (χ3v) is 3.08. The number of aromatic nitrogens is 1. The fraction of sp³-hybridized carbons (Fsp3) is 0.267. The minimum atomic E-state index is -0.582. The SMILES string of the molecule is O=C(COC(=O)c1ccc2ccccc2n1)NC1CC1. The molecule has 5 nitrogen and oxygen atoms in total. The molecule has 0 aliphatic heterocycles. The van der Waals surface area contributed by atoms with Gasteiger partial charge in [-0.2, -0.15) is 0 Å². The largest absolute Gasteiger partial charge is 0.451 e. The molecule has 3 rings (SSSR count). The average molecular weight is 270 g/mol. The van der Waals surface area contributed by atoms with Gasteiger partial charge >= 0.3 is 5.97 Å². The number of hydrogen-bond donors (Lipinski definition) is 1. The van der Waals surface area contributed by atoms with E-state index in [9.17, 15) is 9.59 Å². The Labute approximate surface area is 116 Å². The number of para-hydroxylation sites is 1. The number of esters is 1. The predicted octanol–water partition coefficient (Wildman–Crippen LogP) is 1.67. The highest BCUT2D eigenvalue weighted by atomic mass is 16.5. The normalized spacial score (nSPS) is 14.0. The molecule has 0 spiro atoms. The van der Waals surface area contributed by atoms with Crippen LogP contribution in [0, 0.1) is 0 Å². The van der Waals surface area contributed by atoms with Crippen molar-refractivity contribution in [3.63, 3.8) is 0 Å². The second-order valence-electron chi connectivity index (χ2n) is 4.81. The van der Waals surface area contributed by atoms with Crippen LogP contribution in [0.2, 0.25) is 0 Å². The van der Waals surface area contributed by atoms with Crippen molar-refractivity contribution in [1.82, 2.24) is 10.3 Å². The molecule has 0 atom stereocenters. The third-order valence-electron chi connectivity index (χ3n) is 3.08. The minimum absolute atomic E-state index is 0.211. The zero-order valence-electron chi connectivity index (χ0n) is 10.8. The Balaban J connectivity index is 1.63. The van der Waals surface area contributed by atoms with Crippen LogP contribution in [0.15, 0.2) is 36.4 Å². The van der Waals surface area contributed by atoms with E-state index in [1.807, 2.05) is 30.3 Å². The molecule has 0 unspecified atom stereocenters. The molecule has 1 fully saturated rings. The predicted molar refractivity (Wildman–Crippen MR) is 73.2 cm³/mol. The molecule has 5 heteroatoms. The highest BCUT2D eigenvalue weighted by molar-refractivity contribution is 5.92. The van der Waals surface area contributed by atoms with Gasteiger partial charge in [0.1, 0.15) is 5.69 Å². The van der Waals surface area contributed by atoms with Crippen LogP contribution in [-0.2, 0) is 9.53 Å². The van der Waals surface area contributed by atoms with Crippen LogP contribution in [0.4, 0.5) is 0 Å². The summed E-state index contributed by atoms with van der Waals surface area (Å²) in [4.78, 5) is 27.5. The maximum Gasteiger partial charge on any atom is 0.357 e. The Morgan fingerprint density at radius 1 is 1.20 bits per heavy atom. The van der Waals surface area contributed by atoms with E-state index in [1.165, 1.54) is 0 Å². The molecule has 1 aliphatic carbocycles. The fourth-order valence-corrected chi connectivity index (χ4v) is 1.88. The maximum absolute atomic E-state index is 11.8. The summed E-state index contributed by atoms with van der Waals surface area (Å²) >= 11 is 0. The lowest BCUT2D eigenvalue weighted by Gasteiger charge is -2.05. The number of hydrogen-bond acceptors (Lipinski definition) is 4. The Morgan fingerprint density at radius 2 is 2.00 bits per heavy atom. The average Bonchev–Trinajstić information content (AvgIpc) is 3.28. The van der Waals surface area contributed by atoms with Crippen LogP contribution in [0.25, 0.3) is 10.9 Å². The molecular formula is C15H14N2O3. The molecule has 0 saturated heterocycles. The second-order valence-corrected chi connectivity index (χ2v) is 4.81. The first-order valence-electron chi connectivity index (χ1n) is 6.55. The second kappa shape index (κ2) is 5.28. The molecule has 1 aliphatic rings. The quantitative estimate of drug-likeness (QED) is 0.858. The van der Waals surface area contributed by atoms with Crippen LogP contribution >= 0.6 is 0 Å². The number of amides is 1. The van der Waals surface area contributed by atoms with Gasteiger partial charge in [-0.25, -0.2) is 9.78 Å². The number of pyridine rings is 1. The number of carbonyl (C=O) groups excluding carboxylic acids is 2. The van der Waals surface area contributed by atoms with Crippen molar-refractivity contribution in [3.8, 4) is 0 Å². The van der Waals surface area contributed by atoms with Crippen LogP contribution in [0.1, 0.15) is 23.3 Å². The Bertz CT molecular complexity index is 665. The zero-order valence-corrected chi connectivity index (χ0v) is 10.8. The lowest BCUT2D eigenvalue weighted by atomic mass is 10.2. The van der Waals surface area contributed by atoms with Crippen molar-refractivity contribution in [2.45, 2.75) is 18.9 Å². The standard InChI is InChI=1S/C15H14N2O3/c18-14(16-11-6-7-11)9-20-15(19)13-8-5-10-3-1-2-4-12(10)17-13/h1-5,8,11H,6-7,9H2,(H,16,18). The van der Waals surface area contributed by atoms with Gasteiger partial charge in [0.05, 0.1) is 5.52 Å². The molecule has 1 aromatic carbocycles. The molecule has 102 valence electrons. The van der Waals surface area contributed by atoms with Gasteiger partial charge in [0.15, 0.2) is 6.61 Å². The molecule has 0 radical (unpaired) electrons. The topological polar surface area (TPSA) is 68.3 Å². The molecular weight excluding hydrogens is 256 g/mol. The van der Waals surface area contributed by atoms with Gasteiger partial charge in [0, 0.05) is 11.4 Å².